The Morgan fingerprint density at radius 3 is 2.63 bits per heavy atom. The Morgan fingerprint density at radius 2 is 1.93 bits per heavy atom. The molecule has 1 aliphatic rings. The lowest BCUT2D eigenvalue weighted by molar-refractivity contribution is 0.100. The number of amides is 1. The molecule has 0 radical (unpaired) electrons. The van der Waals surface area contributed by atoms with Gasteiger partial charge < -0.3 is 15.4 Å². The molecule has 2 aromatic carbocycles. The molecule has 2 N–H and O–H groups in total. The van der Waals surface area contributed by atoms with Gasteiger partial charge in [0.25, 0.3) is 5.91 Å². The molecule has 0 unspecified atom stereocenters. The lowest BCUT2D eigenvalue weighted by atomic mass is 9.98. The summed E-state index contributed by atoms with van der Waals surface area (Å²) in [5.74, 6) is -0.480. The summed E-state index contributed by atoms with van der Waals surface area (Å²) >= 11 is 1.32. The number of carbonyl (C=O) groups excluding carboxylic acids is 1. The van der Waals surface area contributed by atoms with Crippen LogP contribution >= 0.6 is 11.3 Å². The van der Waals surface area contributed by atoms with E-state index in [2.05, 4.69) is 35.2 Å². The minimum atomic E-state index is -0.480. The minimum Gasteiger partial charge on any atom is -0.378 e. The van der Waals surface area contributed by atoms with E-state index in [1.54, 1.807) is 0 Å². The number of benzene rings is 2. The monoisotopic (exact) mass is 377 g/mol. The highest BCUT2D eigenvalue weighted by atomic mass is 32.1. The third-order valence-corrected chi connectivity index (χ3v) is 6.12. The van der Waals surface area contributed by atoms with E-state index in [1.165, 1.54) is 11.3 Å². The van der Waals surface area contributed by atoms with Crippen molar-refractivity contribution in [3.63, 3.8) is 0 Å². The quantitative estimate of drug-likeness (QED) is 0.757. The van der Waals surface area contributed by atoms with Gasteiger partial charge in [0.15, 0.2) is 0 Å². The number of hydrogen-bond acceptors (Lipinski definition) is 5. The molecule has 1 aromatic heterocycles. The Balaban J connectivity index is 1.76. The van der Waals surface area contributed by atoms with Gasteiger partial charge in [-0.2, -0.15) is 5.26 Å². The van der Waals surface area contributed by atoms with E-state index in [0.29, 0.717) is 43.2 Å². The first-order chi connectivity index (χ1) is 13.2. The van der Waals surface area contributed by atoms with Crippen molar-refractivity contribution in [2.75, 3.05) is 31.2 Å². The van der Waals surface area contributed by atoms with Gasteiger partial charge in [-0.25, -0.2) is 0 Å². The number of primary amides is 1. The molecule has 3 aromatic rings. The molecule has 5 nitrogen and oxygen atoms in total. The molecule has 1 aliphatic heterocycles. The first-order valence-electron chi connectivity index (χ1n) is 8.83. The topological polar surface area (TPSA) is 79.3 Å². The number of rotatable bonds is 4. The van der Waals surface area contributed by atoms with Crippen molar-refractivity contribution in [1.82, 2.24) is 0 Å². The Labute approximate surface area is 161 Å². The predicted octanol–water partition coefficient (Wildman–Crippen LogP) is 3.30. The number of hydrogen-bond donors (Lipinski definition) is 1. The van der Waals surface area contributed by atoms with Crippen molar-refractivity contribution in [2.24, 2.45) is 5.73 Å². The van der Waals surface area contributed by atoms with Crippen LogP contribution in [0.5, 0.6) is 0 Å². The third kappa shape index (κ3) is 3.39. The maximum atomic E-state index is 12.1. The lowest BCUT2D eigenvalue weighted by Crippen LogP contribution is -2.36. The molecule has 0 spiro atoms. The summed E-state index contributed by atoms with van der Waals surface area (Å²) in [7, 11) is 0. The first-order valence-corrected chi connectivity index (χ1v) is 9.65. The van der Waals surface area contributed by atoms with E-state index in [1.807, 2.05) is 18.2 Å². The van der Waals surface area contributed by atoms with Crippen molar-refractivity contribution >= 4 is 33.0 Å². The molecule has 136 valence electrons. The summed E-state index contributed by atoms with van der Waals surface area (Å²) in [6.45, 7) is 2.66. The highest BCUT2D eigenvalue weighted by Crippen LogP contribution is 2.37. The molecule has 0 aliphatic carbocycles. The number of carbonyl (C=O) groups is 1. The van der Waals surface area contributed by atoms with Gasteiger partial charge in [-0.15, -0.1) is 11.3 Å². The summed E-state index contributed by atoms with van der Waals surface area (Å²) in [6.07, 6.45) is 0.507. The summed E-state index contributed by atoms with van der Waals surface area (Å²) < 4.78 is 5.40. The second-order valence-corrected chi connectivity index (χ2v) is 7.52. The molecule has 0 saturated carbocycles. The van der Waals surface area contributed by atoms with Crippen molar-refractivity contribution in [1.29, 1.82) is 5.26 Å². The SMILES string of the molecule is N#Cc1c(N2CCOCC2)sc(C(N)=O)c1Cc1ccc2ccccc2c1. The minimum absolute atomic E-state index is 0.473. The van der Waals surface area contributed by atoms with Crippen molar-refractivity contribution < 1.29 is 9.53 Å². The maximum absolute atomic E-state index is 12.1. The van der Waals surface area contributed by atoms with Gasteiger partial charge in [0.1, 0.15) is 11.1 Å². The van der Waals surface area contributed by atoms with Gasteiger partial charge in [0.2, 0.25) is 0 Å². The van der Waals surface area contributed by atoms with Crippen LogP contribution < -0.4 is 10.6 Å². The summed E-state index contributed by atoms with van der Waals surface area (Å²) in [5, 5.41) is 12.9. The van der Waals surface area contributed by atoms with Gasteiger partial charge in [-0.05, 0) is 16.3 Å². The molecule has 2 heterocycles. The van der Waals surface area contributed by atoms with E-state index >= 15 is 0 Å². The average Bonchev–Trinajstić information content (AvgIpc) is 3.07. The fourth-order valence-electron chi connectivity index (χ4n) is 3.48. The zero-order chi connectivity index (χ0) is 18.8. The van der Waals surface area contributed by atoms with E-state index in [-0.39, 0.29) is 0 Å². The molecule has 1 amide bonds. The highest BCUT2D eigenvalue weighted by Gasteiger charge is 2.26. The van der Waals surface area contributed by atoms with Crippen LogP contribution in [0, 0.1) is 11.3 Å². The van der Waals surface area contributed by atoms with Gasteiger partial charge in [-0.1, -0.05) is 42.5 Å². The van der Waals surface area contributed by atoms with E-state index in [0.717, 1.165) is 26.9 Å². The zero-order valence-corrected chi connectivity index (χ0v) is 15.6. The van der Waals surface area contributed by atoms with Crippen LogP contribution in [0.15, 0.2) is 42.5 Å². The van der Waals surface area contributed by atoms with Crippen molar-refractivity contribution in [3.8, 4) is 6.07 Å². The van der Waals surface area contributed by atoms with Crippen LogP contribution in [-0.4, -0.2) is 32.2 Å². The standard InChI is InChI=1S/C21H19N3O2S/c22-13-18-17(12-14-5-6-15-3-1-2-4-16(15)11-14)19(20(23)25)27-21(18)24-7-9-26-10-8-24/h1-6,11H,7-10,12H2,(H2,23,25). The summed E-state index contributed by atoms with van der Waals surface area (Å²) in [6, 6.07) is 16.7. The van der Waals surface area contributed by atoms with E-state index < -0.39 is 5.91 Å². The van der Waals surface area contributed by atoms with E-state index in [9.17, 15) is 10.1 Å². The molecule has 6 heteroatoms. The Bertz CT molecular complexity index is 1050. The first kappa shape index (κ1) is 17.5. The highest BCUT2D eigenvalue weighted by molar-refractivity contribution is 7.18. The van der Waals surface area contributed by atoms with Crippen LogP contribution in [0.3, 0.4) is 0 Å². The van der Waals surface area contributed by atoms with Gasteiger partial charge in [0.05, 0.1) is 23.7 Å². The van der Waals surface area contributed by atoms with Gasteiger partial charge >= 0.3 is 0 Å². The van der Waals surface area contributed by atoms with Crippen molar-refractivity contribution in [3.05, 3.63) is 64.0 Å². The molecular formula is C21H19N3O2S. The molecule has 4 rings (SSSR count). The fraction of sp³-hybridized carbons (Fsp3) is 0.238. The third-order valence-electron chi connectivity index (χ3n) is 4.82. The second kappa shape index (κ2) is 7.39. The number of nitrogens with two attached hydrogens (primary N) is 1. The fourth-order valence-corrected chi connectivity index (χ4v) is 4.65. The Morgan fingerprint density at radius 1 is 1.19 bits per heavy atom. The Hall–Kier alpha value is -2.88. The number of nitriles is 1. The summed E-state index contributed by atoms with van der Waals surface area (Å²) in [4.78, 5) is 14.7. The predicted molar refractivity (Wildman–Crippen MR) is 107 cm³/mol. The van der Waals surface area contributed by atoms with Crippen LogP contribution in [-0.2, 0) is 11.2 Å². The van der Waals surface area contributed by atoms with Crippen LogP contribution in [0.2, 0.25) is 0 Å². The molecule has 27 heavy (non-hydrogen) atoms. The zero-order valence-electron chi connectivity index (χ0n) is 14.8. The number of fused-ring (bicyclic) bond motifs is 1. The van der Waals surface area contributed by atoms with Crippen LogP contribution in [0.4, 0.5) is 5.00 Å². The normalized spacial score (nSPS) is 14.3. The molecular weight excluding hydrogens is 358 g/mol. The van der Waals surface area contributed by atoms with Crippen LogP contribution in [0.25, 0.3) is 10.8 Å². The van der Waals surface area contributed by atoms with Gasteiger partial charge in [-0.3, -0.25) is 4.79 Å². The van der Waals surface area contributed by atoms with Gasteiger partial charge in [0, 0.05) is 25.1 Å². The second-order valence-electron chi connectivity index (χ2n) is 6.52. The summed E-state index contributed by atoms with van der Waals surface area (Å²) in [5.41, 5.74) is 7.99. The molecule has 0 atom stereocenters. The number of ether oxygens (including phenoxy) is 1. The molecule has 0 bridgehead atoms. The number of nitrogens with zero attached hydrogens (tertiary/aromatic N) is 2. The van der Waals surface area contributed by atoms with Crippen LogP contribution in [0.1, 0.15) is 26.4 Å². The molecule has 1 saturated heterocycles. The Kier molecular flexibility index (Phi) is 4.80. The number of thiophene rings is 1. The largest absolute Gasteiger partial charge is 0.378 e. The smallest absolute Gasteiger partial charge is 0.259 e. The maximum Gasteiger partial charge on any atom is 0.259 e. The number of morpholine rings is 1. The average molecular weight is 377 g/mol. The number of anilines is 1. The van der Waals surface area contributed by atoms with Crippen molar-refractivity contribution in [2.45, 2.75) is 6.42 Å². The van der Waals surface area contributed by atoms with E-state index in [4.69, 9.17) is 10.5 Å². The molecule has 1 fully saturated rings. The lowest BCUT2D eigenvalue weighted by Gasteiger charge is -2.27.